The fraction of sp³-hybridized carbons (Fsp3) is 0.667. The van der Waals surface area contributed by atoms with Crippen molar-refractivity contribution in [2.45, 2.75) is 19.8 Å². The minimum Gasteiger partial charge on any atom is -0.315 e. The highest BCUT2D eigenvalue weighted by Crippen LogP contribution is 2.31. The first-order chi connectivity index (χ1) is 5.18. The van der Waals surface area contributed by atoms with Crippen LogP contribution in [0, 0.1) is 16.7 Å². The van der Waals surface area contributed by atoms with Crippen LogP contribution in [0.5, 0.6) is 0 Å². The summed E-state index contributed by atoms with van der Waals surface area (Å²) in [5, 5.41) is 12.1. The van der Waals surface area contributed by atoms with Crippen molar-refractivity contribution in [2.24, 2.45) is 5.41 Å². The van der Waals surface area contributed by atoms with E-state index in [1.165, 1.54) is 0 Å². The van der Waals surface area contributed by atoms with Crippen molar-refractivity contribution in [3.05, 3.63) is 12.2 Å². The first-order valence-electron chi connectivity index (χ1n) is 3.95. The van der Waals surface area contributed by atoms with Crippen molar-refractivity contribution < 1.29 is 0 Å². The lowest BCUT2D eigenvalue weighted by Gasteiger charge is -2.18. The molecule has 0 bridgehead atoms. The van der Waals surface area contributed by atoms with Crippen molar-refractivity contribution in [1.82, 2.24) is 5.32 Å². The number of hydrogen-bond acceptors (Lipinski definition) is 2. The molecule has 0 aromatic heterocycles. The topological polar surface area (TPSA) is 35.8 Å². The van der Waals surface area contributed by atoms with E-state index in [9.17, 15) is 0 Å². The highest BCUT2D eigenvalue weighted by Gasteiger charge is 2.33. The Balaban J connectivity index is 2.61. The van der Waals surface area contributed by atoms with Crippen LogP contribution in [0.2, 0.25) is 0 Å². The summed E-state index contributed by atoms with van der Waals surface area (Å²) in [6.07, 6.45) is 1.81. The Hall–Kier alpha value is -0.810. The molecule has 0 radical (unpaired) electrons. The molecule has 1 heterocycles. The maximum absolute atomic E-state index is 8.93. The second-order valence-corrected chi connectivity index (χ2v) is 3.45. The normalized spacial score (nSPS) is 29.8. The van der Waals surface area contributed by atoms with Gasteiger partial charge in [0.25, 0.3) is 0 Å². The third kappa shape index (κ3) is 1.81. The van der Waals surface area contributed by atoms with Crippen molar-refractivity contribution in [2.75, 3.05) is 13.1 Å². The van der Waals surface area contributed by atoms with Gasteiger partial charge in [-0.3, -0.25) is 0 Å². The Morgan fingerprint density at radius 3 is 2.91 bits per heavy atom. The Labute approximate surface area is 67.9 Å². The van der Waals surface area contributed by atoms with Gasteiger partial charge in [0.2, 0.25) is 0 Å². The van der Waals surface area contributed by atoms with Gasteiger partial charge < -0.3 is 5.32 Å². The zero-order valence-corrected chi connectivity index (χ0v) is 6.98. The van der Waals surface area contributed by atoms with Crippen LogP contribution in [-0.2, 0) is 0 Å². The van der Waals surface area contributed by atoms with E-state index in [4.69, 9.17) is 5.26 Å². The van der Waals surface area contributed by atoms with E-state index < -0.39 is 0 Å². The molecular weight excluding hydrogens is 136 g/mol. The van der Waals surface area contributed by atoms with E-state index in [-0.39, 0.29) is 5.41 Å². The van der Waals surface area contributed by atoms with Crippen molar-refractivity contribution in [3.8, 4) is 6.07 Å². The van der Waals surface area contributed by atoms with Crippen molar-refractivity contribution in [3.63, 3.8) is 0 Å². The van der Waals surface area contributed by atoms with Crippen LogP contribution < -0.4 is 5.32 Å². The van der Waals surface area contributed by atoms with Gasteiger partial charge >= 0.3 is 0 Å². The fourth-order valence-corrected chi connectivity index (χ4v) is 1.61. The van der Waals surface area contributed by atoms with E-state index in [1.54, 1.807) is 0 Å². The lowest BCUT2D eigenvalue weighted by molar-refractivity contribution is 0.437. The fourth-order valence-electron chi connectivity index (χ4n) is 1.61. The Morgan fingerprint density at radius 1 is 1.82 bits per heavy atom. The van der Waals surface area contributed by atoms with Gasteiger partial charge in [-0.1, -0.05) is 5.57 Å². The molecule has 0 aromatic carbocycles. The molecule has 1 aliphatic rings. The highest BCUT2D eigenvalue weighted by molar-refractivity contribution is 5.10. The number of nitriles is 1. The molecular formula is C9H14N2. The predicted molar refractivity (Wildman–Crippen MR) is 45.0 cm³/mol. The molecule has 2 heteroatoms. The van der Waals surface area contributed by atoms with Crippen molar-refractivity contribution >= 4 is 0 Å². The van der Waals surface area contributed by atoms with Crippen LogP contribution in [0.25, 0.3) is 0 Å². The van der Waals surface area contributed by atoms with E-state index in [0.717, 1.165) is 31.5 Å². The molecule has 0 saturated carbocycles. The Kier molecular flexibility index (Phi) is 2.31. The summed E-state index contributed by atoms with van der Waals surface area (Å²) in [6, 6.07) is 2.39. The molecule has 1 N–H and O–H groups in total. The zero-order valence-electron chi connectivity index (χ0n) is 6.98. The number of nitrogens with one attached hydrogen (secondary N) is 1. The first kappa shape index (κ1) is 8.29. The highest BCUT2D eigenvalue weighted by atomic mass is 14.9. The molecule has 1 atom stereocenters. The van der Waals surface area contributed by atoms with Crippen LogP contribution in [0.15, 0.2) is 12.2 Å². The van der Waals surface area contributed by atoms with E-state index in [1.807, 2.05) is 6.92 Å². The number of allylic oxidation sites excluding steroid dienone is 1. The van der Waals surface area contributed by atoms with Gasteiger partial charge in [-0.2, -0.15) is 5.26 Å². The van der Waals surface area contributed by atoms with Crippen molar-refractivity contribution in [1.29, 1.82) is 5.26 Å². The number of rotatable bonds is 2. The maximum Gasteiger partial charge on any atom is 0.0746 e. The lowest BCUT2D eigenvalue weighted by atomic mass is 9.83. The van der Waals surface area contributed by atoms with E-state index >= 15 is 0 Å². The zero-order chi connectivity index (χ0) is 8.32. The number of nitrogens with zero attached hydrogens (tertiary/aromatic N) is 1. The molecule has 0 aromatic rings. The van der Waals surface area contributed by atoms with Gasteiger partial charge in [0, 0.05) is 6.54 Å². The molecule has 0 amide bonds. The quantitative estimate of drug-likeness (QED) is 0.605. The molecule has 11 heavy (non-hydrogen) atoms. The summed E-state index contributed by atoms with van der Waals surface area (Å²) in [7, 11) is 0. The monoisotopic (exact) mass is 150 g/mol. The maximum atomic E-state index is 8.93. The third-order valence-corrected chi connectivity index (χ3v) is 2.12. The summed E-state index contributed by atoms with van der Waals surface area (Å²) >= 11 is 0. The van der Waals surface area contributed by atoms with Gasteiger partial charge in [0.15, 0.2) is 0 Å². The second-order valence-electron chi connectivity index (χ2n) is 3.45. The molecule has 1 saturated heterocycles. The first-order valence-corrected chi connectivity index (χ1v) is 3.95. The number of hydrogen-bond donors (Lipinski definition) is 1. The molecule has 1 aliphatic heterocycles. The smallest absolute Gasteiger partial charge is 0.0746 e. The van der Waals surface area contributed by atoms with E-state index in [2.05, 4.69) is 18.0 Å². The lowest BCUT2D eigenvalue weighted by Crippen LogP contribution is -2.22. The van der Waals surface area contributed by atoms with Crippen LogP contribution in [0.1, 0.15) is 19.8 Å². The molecule has 60 valence electrons. The molecule has 2 nitrogen and oxygen atoms in total. The summed E-state index contributed by atoms with van der Waals surface area (Å²) in [6.45, 7) is 7.62. The molecule has 1 rings (SSSR count). The standard InChI is InChI=1S/C9H14N2/c1-8(2)5-9(6-10)3-4-11-7-9/h11H,1,3-5,7H2,2H3. The Bertz CT molecular complexity index is 194. The summed E-state index contributed by atoms with van der Waals surface area (Å²) < 4.78 is 0. The SMILES string of the molecule is C=C(C)CC1(C#N)CCNC1. The minimum absolute atomic E-state index is 0.147. The molecule has 1 fully saturated rings. The largest absolute Gasteiger partial charge is 0.315 e. The van der Waals surface area contributed by atoms with Gasteiger partial charge in [0.1, 0.15) is 0 Å². The predicted octanol–water partition coefficient (Wildman–Crippen LogP) is 1.46. The van der Waals surface area contributed by atoms with Gasteiger partial charge in [-0.05, 0) is 26.3 Å². The average Bonchev–Trinajstić information content (AvgIpc) is 2.36. The summed E-state index contributed by atoms with van der Waals surface area (Å²) in [5.41, 5.74) is 0.960. The van der Waals surface area contributed by atoms with Gasteiger partial charge in [0.05, 0.1) is 11.5 Å². The van der Waals surface area contributed by atoms with Crippen LogP contribution >= 0.6 is 0 Å². The van der Waals surface area contributed by atoms with E-state index in [0.29, 0.717) is 0 Å². The van der Waals surface area contributed by atoms with Gasteiger partial charge in [-0.25, -0.2) is 0 Å². The molecule has 1 unspecified atom stereocenters. The summed E-state index contributed by atoms with van der Waals surface area (Å²) in [5.74, 6) is 0. The molecule has 0 aliphatic carbocycles. The third-order valence-electron chi connectivity index (χ3n) is 2.12. The average molecular weight is 150 g/mol. The minimum atomic E-state index is -0.147. The van der Waals surface area contributed by atoms with Crippen LogP contribution in [0.4, 0.5) is 0 Å². The Morgan fingerprint density at radius 2 is 2.55 bits per heavy atom. The molecule has 0 spiro atoms. The van der Waals surface area contributed by atoms with Crippen LogP contribution in [-0.4, -0.2) is 13.1 Å². The second kappa shape index (κ2) is 3.06. The summed E-state index contributed by atoms with van der Waals surface area (Å²) in [4.78, 5) is 0. The van der Waals surface area contributed by atoms with Crippen LogP contribution in [0.3, 0.4) is 0 Å². The van der Waals surface area contributed by atoms with Gasteiger partial charge in [-0.15, -0.1) is 6.58 Å².